The number of fused-ring (bicyclic) bond motifs is 1. The molecule has 0 fully saturated rings. The van der Waals surface area contributed by atoms with E-state index in [4.69, 9.17) is 26.8 Å². The van der Waals surface area contributed by atoms with Crippen LogP contribution in [0, 0.1) is 0 Å². The van der Waals surface area contributed by atoms with Gasteiger partial charge < -0.3 is 15.2 Å². The number of nitrogens with two attached hydrogens (primary N) is 1. The molecular formula is C10H11ClFNO2. The van der Waals surface area contributed by atoms with Crippen LogP contribution in [-0.4, -0.2) is 19.8 Å². The average Bonchev–Trinajstić information content (AvgIpc) is 2.27. The molecule has 0 bridgehead atoms. The Morgan fingerprint density at radius 2 is 1.93 bits per heavy atom. The normalized spacial score (nSPS) is 16.2. The zero-order valence-electron chi connectivity index (χ0n) is 8.00. The van der Waals surface area contributed by atoms with E-state index in [1.54, 1.807) is 12.1 Å². The molecule has 1 aliphatic rings. The number of alkyl halides is 1. The molecule has 0 saturated heterocycles. The SMILES string of the molecule is NCC(F)c1cc2c(cc1Cl)OCCO2. The quantitative estimate of drug-likeness (QED) is 0.848. The molecule has 5 heteroatoms. The third kappa shape index (κ3) is 2.01. The lowest BCUT2D eigenvalue weighted by atomic mass is 10.1. The largest absolute Gasteiger partial charge is 0.486 e. The van der Waals surface area contributed by atoms with Gasteiger partial charge in [-0.15, -0.1) is 0 Å². The maximum Gasteiger partial charge on any atom is 0.162 e. The first-order valence-electron chi connectivity index (χ1n) is 4.65. The van der Waals surface area contributed by atoms with E-state index >= 15 is 0 Å². The van der Waals surface area contributed by atoms with Gasteiger partial charge in [0.05, 0.1) is 5.02 Å². The van der Waals surface area contributed by atoms with Gasteiger partial charge in [-0.05, 0) is 6.07 Å². The summed E-state index contributed by atoms with van der Waals surface area (Å²) in [5.74, 6) is 1.08. The second kappa shape index (κ2) is 4.24. The first-order valence-corrected chi connectivity index (χ1v) is 5.03. The molecule has 82 valence electrons. The van der Waals surface area contributed by atoms with Crippen LogP contribution in [0.1, 0.15) is 11.7 Å². The molecule has 3 nitrogen and oxygen atoms in total. The van der Waals surface area contributed by atoms with Gasteiger partial charge in [0.25, 0.3) is 0 Å². The Morgan fingerprint density at radius 3 is 2.53 bits per heavy atom. The number of hydrogen-bond donors (Lipinski definition) is 1. The van der Waals surface area contributed by atoms with Crippen LogP contribution in [0.25, 0.3) is 0 Å². The maximum absolute atomic E-state index is 13.4. The van der Waals surface area contributed by atoms with Crippen molar-refractivity contribution in [3.05, 3.63) is 22.7 Å². The van der Waals surface area contributed by atoms with Gasteiger partial charge in [0.1, 0.15) is 19.4 Å². The highest BCUT2D eigenvalue weighted by atomic mass is 35.5. The standard InChI is InChI=1S/C10H11ClFNO2/c11-7-4-10-9(14-1-2-15-10)3-6(7)8(12)5-13/h3-4,8H,1-2,5,13H2. The summed E-state index contributed by atoms with van der Waals surface area (Å²) < 4.78 is 24.0. The Morgan fingerprint density at radius 1 is 1.33 bits per heavy atom. The van der Waals surface area contributed by atoms with Crippen LogP contribution < -0.4 is 15.2 Å². The Hall–Kier alpha value is -1.00. The fraction of sp³-hybridized carbons (Fsp3) is 0.400. The molecular weight excluding hydrogens is 221 g/mol. The van der Waals surface area contributed by atoms with Gasteiger partial charge in [-0.3, -0.25) is 0 Å². The van der Waals surface area contributed by atoms with Crippen molar-refractivity contribution in [2.75, 3.05) is 19.8 Å². The maximum atomic E-state index is 13.4. The molecule has 1 heterocycles. The van der Waals surface area contributed by atoms with E-state index in [0.29, 0.717) is 35.3 Å². The molecule has 1 aromatic rings. The summed E-state index contributed by atoms with van der Waals surface area (Å²) in [5, 5.41) is 0.317. The highest BCUT2D eigenvalue weighted by molar-refractivity contribution is 6.31. The molecule has 0 amide bonds. The predicted octanol–water partition coefficient (Wildman–Crippen LogP) is 2.08. The lowest BCUT2D eigenvalue weighted by Gasteiger charge is -2.20. The topological polar surface area (TPSA) is 44.5 Å². The lowest BCUT2D eigenvalue weighted by molar-refractivity contribution is 0.171. The third-order valence-electron chi connectivity index (χ3n) is 2.21. The first-order chi connectivity index (χ1) is 7.22. The van der Waals surface area contributed by atoms with Crippen LogP contribution in [0.4, 0.5) is 4.39 Å². The number of hydrogen-bond acceptors (Lipinski definition) is 3. The lowest BCUT2D eigenvalue weighted by Crippen LogP contribution is -2.16. The minimum Gasteiger partial charge on any atom is -0.486 e. The van der Waals surface area contributed by atoms with Crippen LogP contribution in [0.5, 0.6) is 11.5 Å². The summed E-state index contributed by atoms with van der Waals surface area (Å²) in [6.07, 6.45) is -1.27. The van der Waals surface area contributed by atoms with Gasteiger partial charge in [0.2, 0.25) is 0 Å². The summed E-state index contributed by atoms with van der Waals surface area (Å²) in [7, 11) is 0. The molecule has 0 radical (unpaired) electrons. The zero-order valence-corrected chi connectivity index (χ0v) is 8.76. The second-order valence-corrected chi connectivity index (χ2v) is 3.63. The van der Waals surface area contributed by atoms with Gasteiger partial charge >= 0.3 is 0 Å². The van der Waals surface area contributed by atoms with Crippen LogP contribution in [0.2, 0.25) is 5.02 Å². The van der Waals surface area contributed by atoms with Gasteiger partial charge in [-0.1, -0.05) is 11.6 Å². The molecule has 1 unspecified atom stereocenters. The predicted molar refractivity (Wildman–Crippen MR) is 55.3 cm³/mol. The minimum atomic E-state index is -1.27. The number of rotatable bonds is 2. The van der Waals surface area contributed by atoms with Crippen molar-refractivity contribution in [2.24, 2.45) is 5.73 Å². The Kier molecular flexibility index (Phi) is 2.98. The van der Waals surface area contributed by atoms with Crippen molar-refractivity contribution in [3.63, 3.8) is 0 Å². The van der Waals surface area contributed by atoms with Crippen molar-refractivity contribution in [1.82, 2.24) is 0 Å². The molecule has 0 aliphatic carbocycles. The fourth-order valence-electron chi connectivity index (χ4n) is 1.45. The second-order valence-electron chi connectivity index (χ2n) is 3.22. The van der Waals surface area contributed by atoms with Crippen molar-refractivity contribution in [3.8, 4) is 11.5 Å². The molecule has 2 N–H and O–H groups in total. The van der Waals surface area contributed by atoms with E-state index in [-0.39, 0.29) is 6.54 Å². The van der Waals surface area contributed by atoms with Crippen molar-refractivity contribution in [2.45, 2.75) is 6.17 Å². The Bertz CT molecular complexity index is 373. The van der Waals surface area contributed by atoms with Gasteiger partial charge in [0, 0.05) is 18.2 Å². The molecule has 2 rings (SSSR count). The summed E-state index contributed by atoms with van der Waals surface area (Å²) >= 11 is 5.90. The fourth-order valence-corrected chi connectivity index (χ4v) is 1.72. The highest BCUT2D eigenvalue weighted by Crippen LogP contribution is 2.38. The number of halogens is 2. The van der Waals surface area contributed by atoms with E-state index in [9.17, 15) is 4.39 Å². The smallest absolute Gasteiger partial charge is 0.162 e. The van der Waals surface area contributed by atoms with Crippen molar-refractivity contribution < 1.29 is 13.9 Å². The van der Waals surface area contributed by atoms with Gasteiger partial charge in [-0.25, -0.2) is 4.39 Å². The first kappa shape index (κ1) is 10.5. The summed E-state index contributed by atoms with van der Waals surface area (Å²) in [6, 6.07) is 3.11. The van der Waals surface area contributed by atoms with Crippen LogP contribution >= 0.6 is 11.6 Å². The minimum absolute atomic E-state index is 0.0979. The van der Waals surface area contributed by atoms with Crippen molar-refractivity contribution >= 4 is 11.6 Å². The van der Waals surface area contributed by atoms with E-state index in [2.05, 4.69) is 0 Å². The van der Waals surface area contributed by atoms with Gasteiger partial charge in [-0.2, -0.15) is 0 Å². The molecule has 0 spiro atoms. The molecule has 1 atom stereocenters. The summed E-state index contributed by atoms with van der Waals surface area (Å²) in [6.45, 7) is 0.853. The third-order valence-corrected chi connectivity index (χ3v) is 2.53. The summed E-state index contributed by atoms with van der Waals surface area (Å²) in [4.78, 5) is 0. The van der Waals surface area contributed by atoms with Gasteiger partial charge in [0.15, 0.2) is 11.5 Å². The molecule has 15 heavy (non-hydrogen) atoms. The molecule has 1 aliphatic heterocycles. The van der Waals surface area contributed by atoms with Crippen molar-refractivity contribution in [1.29, 1.82) is 0 Å². The van der Waals surface area contributed by atoms with Crippen LogP contribution in [-0.2, 0) is 0 Å². The van der Waals surface area contributed by atoms with E-state index in [1.165, 1.54) is 0 Å². The highest BCUT2D eigenvalue weighted by Gasteiger charge is 2.19. The monoisotopic (exact) mass is 231 g/mol. The molecule has 0 saturated carbocycles. The molecule has 1 aromatic carbocycles. The van der Waals surface area contributed by atoms with Crippen LogP contribution in [0.15, 0.2) is 12.1 Å². The summed E-state index contributed by atoms with van der Waals surface area (Å²) in [5.41, 5.74) is 5.59. The van der Waals surface area contributed by atoms with E-state index in [0.717, 1.165) is 0 Å². The molecule has 0 aromatic heterocycles. The zero-order chi connectivity index (χ0) is 10.8. The van der Waals surface area contributed by atoms with E-state index in [1.807, 2.05) is 0 Å². The number of ether oxygens (including phenoxy) is 2. The number of benzene rings is 1. The Labute approximate surface area is 91.9 Å². The average molecular weight is 232 g/mol. The Balaban J connectivity index is 2.40. The van der Waals surface area contributed by atoms with Crippen LogP contribution in [0.3, 0.4) is 0 Å². The van der Waals surface area contributed by atoms with E-state index < -0.39 is 6.17 Å².